The zero-order valence-corrected chi connectivity index (χ0v) is 13.6. The molecule has 2 rings (SSSR count). The van der Waals surface area contributed by atoms with Gasteiger partial charge < -0.3 is 14.5 Å². The molecule has 4 nitrogen and oxygen atoms in total. The quantitative estimate of drug-likeness (QED) is 0.903. The Balaban J connectivity index is 1.95. The zero-order chi connectivity index (χ0) is 15.5. The van der Waals surface area contributed by atoms with Crippen LogP contribution in [0.5, 0.6) is 5.75 Å². The molecule has 0 amide bonds. The third-order valence-electron chi connectivity index (χ3n) is 2.91. The molecule has 0 unspecified atom stereocenters. The van der Waals surface area contributed by atoms with Gasteiger partial charge >= 0.3 is 0 Å². The lowest BCUT2D eigenvalue weighted by Gasteiger charge is -2.19. The fraction of sp³-hybridized carbons (Fsp3) is 0.438. The summed E-state index contributed by atoms with van der Waals surface area (Å²) in [6.45, 7) is 9.48. The van der Waals surface area contributed by atoms with E-state index in [0.29, 0.717) is 23.9 Å². The molecule has 1 N–H and O–H groups in total. The van der Waals surface area contributed by atoms with Crippen molar-refractivity contribution in [3.63, 3.8) is 0 Å². The topological polar surface area (TPSA) is 47.3 Å². The molecule has 21 heavy (non-hydrogen) atoms. The Labute approximate surface area is 130 Å². The van der Waals surface area contributed by atoms with Gasteiger partial charge in [0.1, 0.15) is 23.9 Å². The molecule has 0 aromatic carbocycles. The number of nitrogens with one attached hydrogen (secondary N) is 1. The number of pyridine rings is 1. The van der Waals surface area contributed by atoms with Gasteiger partial charge in [-0.3, -0.25) is 4.98 Å². The van der Waals surface area contributed by atoms with Gasteiger partial charge in [0.15, 0.2) is 0 Å². The number of aryl methyl sites for hydroxylation is 1. The number of ether oxygens (including phenoxy) is 1. The van der Waals surface area contributed by atoms with Crippen molar-refractivity contribution >= 4 is 11.6 Å². The van der Waals surface area contributed by atoms with E-state index in [2.05, 4.69) is 31.1 Å². The molecule has 2 aromatic rings. The first-order valence-electron chi connectivity index (χ1n) is 6.90. The first kappa shape index (κ1) is 15.9. The summed E-state index contributed by atoms with van der Waals surface area (Å²) in [4.78, 5) is 3.98. The number of hydrogen-bond acceptors (Lipinski definition) is 4. The molecule has 0 radical (unpaired) electrons. The van der Waals surface area contributed by atoms with Crippen molar-refractivity contribution in [2.45, 2.75) is 46.4 Å². The van der Waals surface area contributed by atoms with E-state index < -0.39 is 0 Å². The summed E-state index contributed by atoms with van der Waals surface area (Å²) in [5.74, 6) is 2.36. The van der Waals surface area contributed by atoms with Crippen LogP contribution in [0, 0.1) is 6.92 Å². The van der Waals surface area contributed by atoms with Gasteiger partial charge in [-0.05, 0) is 39.3 Å². The Bertz CT molecular complexity index is 603. The molecule has 114 valence electrons. The van der Waals surface area contributed by atoms with Gasteiger partial charge in [-0.15, -0.1) is 0 Å². The minimum absolute atomic E-state index is 0.0579. The number of aromatic nitrogens is 1. The second kappa shape index (κ2) is 6.50. The Hall–Kier alpha value is -1.52. The van der Waals surface area contributed by atoms with Gasteiger partial charge in [-0.25, -0.2) is 0 Å². The maximum absolute atomic E-state index is 5.87. The smallest absolute Gasteiger partial charge is 0.146 e. The highest BCUT2D eigenvalue weighted by atomic mass is 35.5. The zero-order valence-electron chi connectivity index (χ0n) is 12.9. The lowest BCUT2D eigenvalue weighted by molar-refractivity contribution is 0.262. The van der Waals surface area contributed by atoms with Crippen molar-refractivity contribution in [3.05, 3.63) is 46.6 Å². The summed E-state index contributed by atoms with van der Waals surface area (Å²) >= 11 is 5.87. The standard InChI is InChI=1S/C16H21ClN2O2/c1-11-5-14(21-15(11)9-19-16(2,3)4)10-20-13-6-12(17)7-18-8-13/h5-8,19H,9-10H2,1-4H3. The van der Waals surface area contributed by atoms with E-state index in [0.717, 1.165) is 17.1 Å². The summed E-state index contributed by atoms with van der Waals surface area (Å²) < 4.78 is 11.4. The Morgan fingerprint density at radius 3 is 2.71 bits per heavy atom. The largest absolute Gasteiger partial charge is 0.484 e. The summed E-state index contributed by atoms with van der Waals surface area (Å²) in [6.07, 6.45) is 3.20. The lowest BCUT2D eigenvalue weighted by Crippen LogP contribution is -2.35. The normalized spacial score (nSPS) is 11.7. The van der Waals surface area contributed by atoms with Gasteiger partial charge in [0, 0.05) is 17.8 Å². The molecular formula is C16H21ClN2O2. The number of nitrogens with zero attached hydrogens (tertiary/aromatic N) is 1. The SMILES string of the molecule is Cc1cc(COc2cncc(Cl)c2)oc1CNC(C)(C)C. The molecule has 0 saturated heterocycles. The molecule has 2 aromatic heterocycles. The van der Waals surface area contributed by atoms with Crippen molar-refractivity contribution in [3.8, 4) is 5.75 Å². The van der Waals surface area contributed by atoms with Gasteiger partial charge in [0.2, 0.25) is 0 Å². The maximum atomic E-state index is 5.87. The number of halogens is 1. The van der Waals surface area contributed by atoms with E-state index in [4.69, 9.17) is 20.8 Å². The first-order chi connectivity index (χ1) is 9.83. The monoisotopic (exact) mass is 308 g/mol. The minimum atomic E-state index is 0.0579. The van der Waals surface area contributed by atoms with Crippen LogP contribution in [-0.4, -0.2) is 10.5 Å². The summed E-state index contributed by atoms with van der Waals surface area (Å²) in [5, 5.41) is 3.97. The molecule has 0 spiro atoms. The number of rotatable bonds is 5. The van der Waals surface area contributed by atoms with Crippen LogP contribution in [0.15, 0.2) is 28.9 Å². The van der Waals surface area contributed by atoms with E-state index in [9.17, 15) is 0 Å². The summed E-state index contributed by atoms with van der Waals surface area (Å²) in [6, 6.07) is 3.73. The molecule has 0 aliphatic rings. The van der Waals surface area contributed by atoms with E-state index >= 15 is 0 Å². The highest BCUT2D eigenvalue weighted by Crippen LogP contribution is 2.19. The van der Waals surface area contributed by atoms with E-state index in [-0.39, 0.29) is 5.54 Å². The van der Waals surface area contributed by atoms with Crippen molar-refractivity contribution in [2.75, 3.05) is 0 Å². The van der Waals surface area contributed by atoms with Crippen LogP contribution in [0.25, 0.3) is 0 Å². The van der Waals surface area contributed by atoms with Crippen LogP contribution >= 0.6 is 11.6 Å². The van der Waals surface area contributed by atoms with Gasteiger partial charge in [-0.1, -0.05) is 11.6 Å². The molecule has 0 saturated carbocycles. The average molecular weight is 309 g/mol. The number of furan rings is 1. The molecule has 0 atom stereocenters. The molecule has 0 aliphatic heterocycles. The minimum Gasteiger partial charge on any atom is -0.484 e. The molecule has 0 aliphatic carbocycles. The van der Waals surface area contributed by atoms with Crippen LogP contribution in [0.1, 0.15) is 37.9 Å². The molecule has 0 bridgehead atoms. The third kappa shape index (κ3) is 5.06. The average Bonchev–Trinajstić information content (AvgIpc) is 2.74. The van der Waals surface area contributed by atoms with Crippen LogP contribution in [0.3, 0.4) is 0 Å². The Morgan fingerprint density at radius 2 is 2.05 bits per heavy atom. The van der Waals surface area contributed by atoms with Crippen molar-refractivity contribution in [1.82, 2.24) is 10.3 Å². The molecule has 0 fully saturated rings. The van der Waals surface area contributed by atoms with E-state index in [1.54, 1.807) is 18.5 Å². The fourth-order valence-corrected chi connectivity index (χ4v) is 1.97. The fourth-order valence-electron chi connectivity index (χ4n) is 1.81. The van der Waals surface area contributed by atoms with Crippen LogP contribution < -0.4 is 10.1 Å². The number of hydrogen-bond donors (Lipinski definition) is 1. The van der Waals surface area contributed by atoms with Gasteiger partial charge in [0.25, 0.3) is 0 Å². The van der Waals surface area contributed by atoms with Crippen LogP contribution in [0.2, 0.25) is 5.02 Å². The predicted molar refractivity (Wildman–Crippen MR) is 83.6 cm³/mol. The molecule has 5 heteroatoms. The Morgan fingerprint density at radius 1 is 1.29 bits per heavy atom. The van der Waals surface area contributed by atoms with Crippen molar-refractivity contribution < 1.29 is 9.15 Å². The Kier molecular flexibility index (Phi) is 4.91. The highest BCUT2D eigenvalue weighted by Gasteiger charge is 2.13. The van der Waals surface area contributed by atoms with Crippen molar-refractivity contribution in [2.24, 2.45) is 0 Å². The summed E-state index contributed by atoms with van der Waals surface area (Å²) in [5.41, 5.74) is 1.18. The van der Waals surface area contributed by atoms with Crippen molar-refractivity contribution in [1.29, 1.82) is 0 Å². The second-order valence-corrected chi connectivity index (χ2v) is 6.49. The molecule has 2 heterocycles. The van der Waals surface area contributed by atoms with Crippen LogP contribution in [0.4, 0.5) is 0 Å². The van der Waals surface area contributed by atoms with E-state index in [1.165, 1.54) is 0 Å². The lowest BCUT2D eigenvalue weighted by atomic mass is 10.1. The maximum Gasteiger partial charge on any atom is 0.146 e. The highest BCUT2D eigenvalue weighted by molar-refractivity contribution is 6.30. The predicted octanol–water partition coefficient (Wildman–Crippen LogP) is 4.10. The van der Waals surface area contributed by atoms with Gasteiger partial charge in [-0.2, -0.15) is 0 Å². The second-order valence-electron chi connectivity index (χ2n) is 6.05. The van der Waals surface area contributed by atoms with Gasteiger partial charge in [0.05, 0.1) is 17.8 Å². The molecular weight excluding hydrogens is 288 g/mol. The summed E-state index contributed by atoms with van der Waals surface area (Å²) in [7, 11) is 0. The van der Waals surface area contributed by atoms with Crippen LogP contribution in [-0.2, 0) is 13.2 Å². The first-order valence-corrected chi connectivity index (χ1v) is 7.28. The van der Waals surface area contributed by atoms with E-state index in [1.807, 2.05) is 13.0 Å². The third-order valence-corrected chi connectivity index (χ3v) is 3.12.